The summed E-state index contributed by atoms with van der Waals surface area (Å²) < 4.78 is 16.4. The van der Waals surface area contributed by atoms with E-state index >= 15 is 0 Å². The van der Waals surface area contributed by atoms with E-state index in [-0.39, 0.29) is 13.2 Å². The number of hydrogen-bond acceptors (Lipinski definition) is 9. The topological polar surface area (TPSA) is 156 Å². The second-order valence-electron chi connectivity index (χ2n) is 6.06. The summed E-state index contributed by atoms with van der Waals surface area (Å²) in [7, 11) is 0. The molecule has 0 radical (unpaired) electrons. The average Bonchev–Trinajstić information content (AvgIpc) is 2.65. The number of hydrogen-bond donors (Lipinski definition) is 5. The van der Waals surface area contributed by atoms with Gasteiger partial charge in [-0.25, -0.2) is 9.59 Å². The number of alkyl carbamates (subject to hydrolysis) is 2. The van der Waals surface area contributed by atoms with Crippen molar-refractivity contribution in [3.63, 3.8) is 0 Å². The number of carbonyl (C=O) groups excluding carboxylic acids is 2. The molecular formula is C14H20Cl6N2O9. The lowest BCUT2D eigenvalue weighted by molar-refractivity contribution is -0.269. The summed E-state index contributed by atoms with van der Waals surface area (Å²) in [4.78, 5) is 23.4. The number of amides is 2. The first-order valence-electron chi connectivity index (χ1n) is 8.45. The minimum Gasteiger partial charge on any atom is -0.445 e. The van der Waals surface area contributed by atoms with Gasteiger partial charge in [-0.05, 0) is 0 Å². The molecule has 2 amide bonds. The summed E-state index contributed by atoms with van der Waals surface area (Å²) >= 11 is 32.8. The van der Waals surface area contributed by atoms with Crippen molar-refractivity contribution in [2.45, 2.75) is 38.2 Å². The van der Waals surface area contributed by atoms with Gasteiger partial charge in [-0.1, -0.05) is 69.6 Å². The van der Waals surface area contributed by atoms with Crippen LogP contribution < -0.4 is 10.6 Å². The van der Waals surface area contributed by atoms with E-state index in [1.165, 1.54) is 0 Å². The lowest BCUT2D eigenvalue weighted by Crippen LogP contribution is -2.65. The first-order chi connectivity index (χ1) is 14.2. The predicted molar refractivity (Wildman–Crippen MR) is 112 cm³/mol. The Bertz CT molecular complexity index is 592. The van der Waals surface area contributed by atoms with Gasteiger partial charge in [0.05, 0.1) is 13.2 Å². The van der Waals surface area contributed by atoms with Gasteiger partial charge in [-0.2, -0.15) is 0 Å². The summed E-state index contributed by atoms with van der Waals surface area (Å²) in [5.74, 6) is 0. The highest BCUT2D eigenvalue weighted by molar-refractivity contribution is 6.68. The van der Waals surface area contributed by atoms with Crippen molar-refractivity contribution >= 4 is 81.8 Å². The fraction of sp³-hybridized carbons (Fsp3) is 0.857. The second kappa shape index (κ2) is 13.1. The van der Waals surface area contributed by atoms with E-state index < -0.39 is 70.2 Å². The Hall–Kier alpha value is 0.0800. The third-order valence-corrected chi connectivity index (χ3v) is 4.21. The zero-order valence-electron chi connectivity index (χ0n) is 15.5. The van der Waals surface area contributed by atoms with E-state index in [2.05, 4.69) is 15.4 Å². The lowest BCUT2D eigenvalue weighted by atomic mass is 9.97. The molecule has 1 fully saturated rings. The van der Waals surface area contributed by atoms with E-state index in [1.54, 1.807) is 0 Å². The Kier molecular flexibility index (Phi) is 12.3. The van der Waals surface area contributed by atoms with Crippen molar-refractivity contribution in [3.8, 4) is 0 Å². The molecule has 0 aromatic carbocycles. The van der Waals surface area contributed by atoms with Crippen LogP contribution >= 0.6 is 69.6 Å². The smallest absolute Gasteiger partial charge is 0.407 e. The van der Waals surface area contributed by atoms with Gasteiger partial charge in [-0.3, -0.25) is 0 Å². The van der Waals surface area contributed by atoms with Crippen LogP contribution in [0.15, 0.2) is 0 Å². The normalized spacial score (nSPS) is 26.8. The van der Waals surface area contributed by atoms with Crippen LogP contribution in [0, 0.1) is 0 Å². The second-order valence-corrected chi connectivity index (χ2v) is 11.1. The van der Waals surface area contributed by atoms with E-state index in [4.69, 9.17) is 83.8 Å². The Morgan fingerprint density at radius 3 is 2.00 bits per heavy atom. The molecule has 2 unspecified atom stereocenters. The molecule has 0 aliphatic carbocycles. The number of halogens is 6. The molecule has 5 atom stereocenters. The molecule has 31 heavy (non-hydrogen) atoms. The first-order valence-corrected chi connectivity index (χ1v) is 10.7. The van der Waals surface area contributed by atoms with Crippen LogP contribution in [-0.4, -0.2) is 98.7 Å². The largest absolute Gasteiger partial charge is 0.445 e. The quantitative estimate of drug-likeness (QED) is 0.211. The molecular weight excluding hydrogens is 553 g/mol. The minimum absolute atomic E-state index is 0.106. The molecule has 17 heteroatoms. The van der Waals surface area contributed by atoms with Crippen molar-refractivity contribution in [2.24, 2.45) is 0 Å². The van der Waals surface area contributed by atoms with Gasteiger partial charge in [0, 0.05) is 6.54 Å². The summed E-state index contributed by atoms with van der Waals surface area (Å²) in [6, 6.07) is -1.34. The maximum absolute atomic E-state index is 11.9. The Balaban J connectivity index is 2.61. The number of ether oxygens (including phenoxy) is 4. The molecule has 5 N–H and O–H groups in total. The molecule has 1 heterocycles. The van der Waals surface area contributed by atoms with Crippen LogP contribution in [0.3, 0.4) is 0 Å². The summed E-state index contributed by atoms with van der Waals surface area (Å²) in [6.45, 7) is -2.03. The molecule has 1 rings (SSSR count). The number of aliphatic hydroxyl groups excluding tert-OH is 3. The minimum atomic E-state index is -1.87. The van der Waals surface area contributed by atoms with Crippen LogP contribution in [0.1, 0.15) is 0 Å². The van der Waals surface area contributed by atoms with Crippen molar-refractivity contribution in [2.75, 3.05) is 33.0 Å². The van der Waals surface area contributed by atoms with Gasteiger partial charge in [0.2, 0.25) is 7.59 Å². The lowest BCUT2D eigenvalue weighted by Gasteiger charge is -2.42. The van der Waals surface area contributed by atoms with Crippen molar-refractivity contribution in [3.05, 3.63) is 0 Å². The van der Waals surface area contributed by atoms with Crippen LogP contribution in [0.2, 0.25) is 0 Å². The highest BCUT2D eigenvalue weighted by Crippen LogP contribution is 2.27. The van der Waals surface area contributed by atoms with Gasteiger partial charge in [0.1, 0.15) is 37.6 Å². The van der Waals surface area contributed by atoms with Gasteiger partial charge in [-0.15, -0.1) is 0 Å². The summed E-state index contributed by atoms with van der Waals surface area (Å²) in [6.07, 6.45) is -7.73. The Labute approximate surface area is 207 Å². The Morgan fingerprint density at radius 1 is 0.935 bits per heavy atom. The van der Waals surface area contributed by atoms with Crippen molar-refractivity contribution in [1.82, 2.24) is 10.6 Å². The third-order valence-electron chi connectivity index (χ3n) is 3.55. The monoisotopic (exact) mass is 570 g/mol. The van der Waals surface area contributed by atoms with E-state index in [1.807, 2.05) is 0 Å². The molecule has 0 aromatic rings. The first kappa shape index (κ1) is 29.1. The summed E-state index contributed by atoms with van der Waals surface area (Å²) in [5.41, 5.74) is 0. The molecule has 182 valence electrons. The van der Waals surface area contributed by atoms with Crippen molar-refractivity contribution < 1.29 is 43.9 Å². The summed E-state index contributed by atoms with van der Waals surface area (Å²) in [5, 5.41) is 34.1. The van der Waals surface area contributed by atoms with Crippen LogP contribution in [0.5, 0.6) is 0 Å². The predicted octanol–water partition coefficient (Wildman–Crippen LogP) is 1.00. The standard InChI is InChI=1S/C14H20Cl6N2O9/c15-13(16,17)4-29-11(26)21-1-2-28-10-7(9(25)8(24)6(3-23)31-10)22-12(27)30-5-14(18,19)20/h6-10,23-25H,1-5H2,(H,21,26)(H,22,27)/t6?,7?,8-,9-,10-/m1/s1. The van der Waals surface area contributed by atoms with E-state index in [9.17, 15) is 24.9 Å². The van der Waals surface area contributed by atoms with Crippen LogP contribution in [0.4, 0.5) is 9.59 Å². The molecule has 0 spiro atoms. The molecule has 1 saturated heterocycles. The molecule has 0 aromatic heterocycles. The van der Waals surface area contributed by atoms with Crippen molar-refractivity contribution in [1.29, 1.82) is 0 Å². The van der Waals surface area contributed by atoms with E-state index in [0.29, 0.717) is 0 Å². The SMILES string of the molecule is O=C(NCCO[C@@H]1OC(CO)[C@@H](O)[C@H](O)C1NC(=O)OCC(Cl)(Cl)Cl)OCC(Cl)(Cl)Cl. The Morgan fingerprint density at radius 2 is 1.48 bits per heavy atom. The average molecular weight is 573 g/mol. The van der Waals surface area contributed by atoms with Crippen LogP contribution in [-0.2, 0) is 18.9 Å². The number of rotatable bonds is 8. The highest BCUT2D eigenvalue weighted by atomic mass is 35.6. The highest BCUT2D eigenvalue weighted by Gasteiger charge is 2.46. The van der Waals surface area contributed by atoms with E-state index in [0.717, 1.165) is 0 Å². The molecule has 1 aliphatic rings. The van der Waals surface area contributed by atoms with Gasteiger partial charge < -0.3 is 44.9 Å². The van der Waals surface area contributed by atoms with Gasteiger partial charge in [0.15, 0.2) is 6.29 Å². The molecule has 0 saturated carbocycles. The fourth-order valence-corrected chi connectivity index (χ4v) is 2.56. The maximum atomic E-state index is 11.9. The number of alkyl halides is 6. The molecule has 0 bridgehead atoms. The van der Waals surface area contributed by atoms with Crippen LogP contribution in [0.25, 0.3) is 0 Å². The number of aliphatic hydroxyl groups is 3. The molecule has 1 aliphatic heterocycles. The fourth-order valence-electron chi connectivity index (χ4n) is 2.23. The third kappa shape index (κ3) is 11.7. The zero-order chi connectivity index (χ0) is 23.8. The number of carbonyl (C=O) groups is 2. The molecule has 11 nitrogen and oxygen atoms in total. The van der Waals surface area contributed by atoms with Gasteiger partial charge in [0.25, 0.3) is 0 Å². The zero-order valence-corrected chi connectivity index (χ0v) is 20.0. The van der Waals surface area contributed by atoms with Gasteiger partial charge >= 0.3 is 12.2 Å². The maximum Gasteiger partial charge on any atom is 0.407 e. The number of nitrogens with one attached hydrogen (secondary N) is 2.